The summed E-state index contributed by atoms with van der Waals surface area (Å²) in [6.45, 7) is 2.07. The van der Waals surface area contributed by atoms with Crippen LogP contribution in [0, 0.1) is 11.8 Å². The van der Waals surface area contributed by atoms with Crippen molar-refractivity contribution >= 4 is 33.8 Å². The third kappa shape index (κ3) is 4.06. The lowest BCUT2D eigenvalue weighted by atomic mass is 10.1. The molecule has 0 saturated heterocycles. The summed E-state index contributed by atoms with van der Waals surface area (Å²) in [7, 11) is 0. The molecule has 5 heteroatoms. The summed E-state index contributed by atoms with van der Waals surface area (Å²) in [5, 5.41) is 3.30. The summed E-state index contributed by atoms with van der Waals surface area (Å²) in [5.74, 6) is 0.872. The normalized spacial score (nSPS) is 10.9. The topological polar surface area (TPSA) is 50.5 Å². The molecule has 0 aliphatic heterocycles. The zero-order valence-corrected chi connectivity index (χ0v) is 20.3. The van der Waals surface area contributed by atoms with Crippen LogP contribution in [0.5, 0.6) is 0 Å². The first kappa shape index (κ1) is 22.4. The van der Waals surface area contributed by atoms with Crippen molar-refractivity contribution < 1.29 is 0 Å². The minimum atomic E-state index is 0.390. The second kappa shape index (κ2) is 9.55. The molecule has 37 heavy (non-hydrogen) atoms. The molecule has 0 atom stereocenters. The van der Waals surface area contributed by atoms with E-state index in [9.17, 15) is 4.91 Å². The fraction of sp³-hybridized carbons (Fsp3) is 0.0312. The van der Waals surface area contributed by atoms with Crippen molar-refractivity contribution in [2.75, 3.05) is 4.90 Å². The number of benzene rings is 5. The van der Waals surface area contributed by atoms with E-state index < -0.39 is 0 Å². The SMILES string of the molecule is Cc1ccccc1N(c1ccc(-c2nc3ccccc3n2-c2ccccc2)cc1)c1ccccc1N=O. The first-order chi connectivity index (χ1) is 18.2. The van der Waals surface area contributed by atoms with E-state index in [-0.39, 0.29) is 0 Å². The Hall–Kier alpha value is -5.03. The average Bonchev–Trinajstić information content (AvgIpc) is 3.35. The highest BCUT2D eigenvalue weighted by Crippen LogP contribution is 2.42. The molecule has 178 valence electrons. The van der Waals surface area contributed by atoms with Gasteiger partial charge in [0.15, 0.2) is 0 Å². The van der Waals surface area contributed by atoms with Crippen molar-refractivity contribution in [2.24, 2.45) is 5.18 Å². The van der Waals surface area contributed by atoms with E-state index in [1.807, 2.05) is 66.7 Å². The monoisotopic (exact) mass is 480 g/mol. The molecule has 5 nitrogen and oxygen atoms in total. The van der Waals surface area contributed by atoms with Crippen LogP contribution < -0.4 is 4.90 Å². The van der Waals surface area contributed by atoms with Gasteiger partial charge in [-0.3, -0.25) is 4.57 Å². The van der Waals surface area contributed by atoms with Crippen LogP contribution in [0.1, 0.15) is 5.56 Å². The molecule has 0 amide bonds. The molecule has 1 heterocycles. The first-order valence-electron chi connectivity index (χ1n) is 12.2. The Kier molecular flexibility index (Phi) is 5.79. The van der Waals surface area contributed by atoms with Crippen molar-refractivity contribution in [3.05, 3.63) is 138 Å². The Morgan fingerprint density at radius 2 is 1.32 bits per heavy atom. The van der Waals surface area contributed by atoms with Gasteiger partial charge in [-0.15, -0.1) is 4.91 Å². The van der Waals surface area contributed by atoms with Crippen molar-refractivity contribution in [2.45, 2.75) is 6.92 Å². The van der Waals surface area contributed by atoms with E-state index in [1.54, 1.807) is 6.07 Å². The summed E-state index contributed by atoms with van der Waals surface area (Å²) in [6, 6.07) is 42.3. The highest BCUT2D eigenvalue weighted by Gasteiger charge is 2.19. The second-order valence-corrected chi connectivity index (χ2v) is 8.84. The molecule has 5 aromatic carbocycles. The summed E-state index contributed by atoms with van der Waals surface area (Å²) in [6.07, 6.45) is 0. The molecule has 0 saturated carbocycles. The second-order valence-electron chi connectivity index (χ2n) is 8.84. The maximum absolute atomic E-state index is 11.7. The lowest BCUT2D eigenvalue weighted by molar-refractivity contribution is 1.10. The van der Waals surface area contributed by atoms with Crippen molar-refractivity contribution in [1.29, 1.82) is 0 Å². The minimum Gasteiger partial charge on any atom is -0.308 e. The van der Waals surface area contributed by atoms with E-state index in [0.717, 1.165) is 50.7 Å². The maximum atomic E-state index is 11.7. The van der Waals surface area contributed by atoms with Gasteiger partial charge in [0.1, 0.15) is 11.5 Å². The Balaban J connectivity index is 1.50. The van der Waals surface area contributed by atoms with Gasteiger partial charge in [0, 0.05) is 22.6 Å². The molecule has 0 aliphatic rings. The van der Waals surface area contributed by atoms with Gasteiger partial charge in [-0.1, -0.05) is 60.7 Å². The van der Waals surface area contributed by atoms with Gasteiger partial charge in [-0.25, -0.2) is 4.98 Å². The highest BCUT2D eigenvalue weighted by molar-refractivity contribution is 5.86. The largest absolute Gasteiger partial charge is 0.308 e. The van der Waals surface area contributed by atoms with Crippen LogP contribution >= 0.6 is 0 Å². The molecule has 6 rings (SSSR count). The van der Waals surface area contributed by atoms with Crippen LogP contribution in [-0.4, -0.2) is 9.55 Å². The predicted molar refractivity (Wildman–Crippen MR) is 151 cm³/mol. The number of fused-ring (bicyclic) bond motifs is 1. The maximum Gasteiger partial charge on any atom is 0.145 e. The van der Waals surface area contributed by atoms with Gasteiger partial charge < -0.3 is 4.90 Å². The number of nitroso groups, excluding NO2 is 1. The van der Waals surface area contributed by atoms with Crippen LogP contribution in [0.25, 0.3) is 28.1 Å². The van der Waals surface area contributed by atoms with E-state index in [2.05, 4.69) is 76.2 Å². The quantitative estimate of drug-likeness (QED) is 0.224. The van der Waals surface area contributed by atoms with Gasteiger partial charge in [0.2, 0.25) is 0 Å². The molecular formula is C32H24N4O. The van der Waals surface area contributed by atoms with Gasteiger partial charge >= 0.3 is 0 Å². The van der Waals surface area contributed by atoms with Crippen LogP contribution in [0.4, 0.5) is 22.7 Å². The Morgan fingerprint density at radius 3 is 2.08 bits per heavy atom. The zero-order valence-electron chi connectivity index (χ0n) is 20.3. The van der Waals surface area contributed by atoms with E-state index in [4.69, 9.17) is 4.98 Å². The lowest BCUT2D eigenvalue weighted by Crippen LogP contribution is -2.11. The number of hydrogen-bond acceptors (Lipinski definition) is 4. The number of hydrogen-bond donors (Lipinski definition) is 0. The number of anilines is 3. The van der Waals surface area contributed by atoms with Crippen LogP contribution in [0.3, 0.4) is 0 Å². The van der Waals surface area contributed by atoms with Crippen molar-refractivity contribution in [1.82, 2.24) is 9.55 Å². The molecule has 0 unspecified atom stereocenters. The Labute approximate surface area is 215 Å². The summed E-state index contributed by atoms with van der Waals surface area (Å²) in [5.41, 5.74) is 8.19. The number of nitrogens with zero attached hydrogens (tertiary/aromatic N) is 4. The minimum absolute atomic E-state index is 0.390. The van der Waals surface area contributed by atoms with Gasteiger partial charge in [0.05, 0.1) is 16.7 Å². The zero-order chi connectivity index (χ0) is 25.2. The molecule has 0 fully saturated rings. The highest BCUT2D eigenvalue weighted by atomic mass is 16.3. The number of imidazole rings is 1. The van der Waals surface area contributed by atoms with E-state index in [1.165, 1.54) is 0 Å². The van der Waals surface area contributed by atoms with Crippen molar-refractivity contribution in [3.63, 3.8) is 0 Å². The molecule has 6 aromatic rings. The number of aryl methyl sites for hydroxylation is 1. The first-order valence-corrected chi connectivity index (χ1v) is 12.2. The number of para-hydroxylation sites is 5. The van der Waals surface area contributed by atoms with Gasteiger partial charge in [-0.2, -0.15) is 0 Å². The van der Waals surface area contributed by atoms with Crippen LogP contribution in [0.2, 0.25) is 0 Å². The third-order valence-electron chi connectivity index (χ3n) is 6.54. The summed E-state index contributed by atoms with van der Waals surface area (Å²) >= 11 is 0. The van der Waals surface area contributed by atoms with Crippen LogP contribution in [0.15, 0.2) is 133 Å². The summed E-state index contributed by atoms with van der Waals surface area (Å²) in [4.78, 5) is 18.8. The van der Waals surface area contributed by atoms with Crippen LogP contribution in [-0.2, 0) is 0 Å². The number of aromatic nitrogens is 2. The fourth-order valence-corrected chi connectivity index (χ4v) is 4.77. The van der Waals surface area contributed by atoms with E-state index >= 15 is 0 Å². The van der Waals surface area contributed by atoms with Gasteiger partial charge in [-0.05, 0) is 84.4 Å². The average molecular weight is 481 g/mol. The molecule has 0 aliphatic carbocycles. The molecule has 0 bridgehead atoms. The molecule has 0 spiro atoms. The van der Waals surface area contributed by atoms with Gasteiger partial charge in [0.25, 0.3) is 0 Å². The Morgan fingerprint density at radius 1 is 0.676 bits per heavy atom. The standard InChI is InChI=1S/C32H24N4O/c1-23-11-5-8-16-29(23)35(31-18-10-7-15-28(31)34-37)26-21-19-24(20-22-26)32-33-27-14-6-9-17-30(27)36(32)25-12-3-2-4-13-25/h2-22H,1H3. The molecule has 0 radical (unpaired) electrons. The molecule has 0 N–H and O–H groups in total. The lowest BCUT2D eigenvalue weighted by Gasteiger charge is -2.27. The number of rotatable bonds is 6. The fourth-order valence-electron chi connectivity index (χ4n) is 4.77. The molecule has 1 aromatic heterocycles. The summed E-state index contributed by atoms with van der Waals surface area (Å²) < 4.78 is 2.19. The van der Waals surface area contributed by atoms with Crippen molar-refractivity contribution in [3.8, 4) is 17.1 Å². The van der Waals surface area contributed by atoms with E-state index in [0.29, 0.717) is 5.69 Å². The predicted octanol–water partition coefficient (Wildman–Crippen LogP) is 8.87. The smallest absolute Gasteiger partial charge is 0.145 e. The molecular weight excluding hydrogens is 456 g/mol. The Bertz CT molecular complexity index is 1700. The third-order valence-corrected chi connectivity index (χ3v) is 6.54.